The third kappa shape index (κ3) is 5.56. The number of ether oxygens (including phenoxy) is 2. The number of hydrogen-bond acceptors (Lipinski definition) is 10. The standard InChI is InChI=1S/C16H22N6O7S2/c1-5-22(6-2)31(26,27)12-10-8-7-9-11(12)30(24,25)21-14(23)17-13-18-15(28-3)20-16(19-13)29-4/h7-10H,5-6H2,1-4H3,(H2,17,18,19,20,21,23). The summed E-state index contributed by atoms with van der Waals surface area (Å²) < 4.78 is 63.8. The first-order valence-electron chi connectivity index (χ1n) is 8.86. The molecule has 2 amide bonds. The fourth-order valence-electron chi connectivity index (χ4n) is 2.47. The number of nitrogens with zero attached hydrogens (tertiary/aromatic N) is 4. The van der Waals surface area contributed by atoms with Crippen LogP contribution in [0, 0.1) is 0 Å². The molecule has 15 heteroatoms. The quantitative estimate of drug-likeness (QED) is 0.519. The predicted molar refractivity (Wildman–Crippen MR) is 109 cm³/mol. The van der Waals surface area contributed by atoms with E-state index in [0.29, 0.717) is 0 Å². The first-order valence-corrected chi connectivity index (χ1v) is 11.8. The van der Waals surface area contributed by atoms with Crippen molar-refractivity contribution in [3.63, 3.8) is 0 Å². The zero-order valence-corrected chi connectivity index (χ0v) is 18.8. The van der Waals surface area contributed by atoms with Crippen LogP contribution in [0.4, 0.5) is 10.7 Å². The second-order valence-corrected chi connectivity index (χ2v) is 9.29. The van der Waals surface area contributed by atoms with Crippen molar-refractivity contribution in [2.75, 3.05) is 32.6 Å². The van der Waals surface area contributed by atoms with Crippen LogP contribution in [0.3, 0.4) is 0 Å². The molecule has 1 heterocycles. The van der Waals surface area contributed by atoms with Crippen LogP contribution in [-0.4, -0.2) is 69.4 Å². The minimum Gasteiger partial charge on any atom is -0.467 e. The van der Waals surface area contributed by atoms with Gasteiger partial charge in [0.05, 0.1) is 14.2 Å². The van der Waals surface area contributed by atoms with Gasteiger partial charge in [0, 0.05) is 13.1 Å². The van der Waals surface area contributed by atoms with Gasteiger partial charge < -0.3 is 9.47 Å². The molecule has 0 aliphatic heterocycles. The fourth-order valence-corrected chi connectivity index (χ4v) is 5.64. The smallest absolute Gasteiger partial charge is 0.335 e. The van der Waals surface area contributed by atoms with Crippen molar-refractivity contribution >= 4 is 32.0 Å². The van der Waals surface area contributed by atoms with Gasteiger partial charge in [-0.25, -0.2) is 26.4 Å². The number of hydrogen-bond donors (Lipinski definition) is 2. The summed E-state index contributed by atoms with van der Waals surface area (Å²) in [5.41, 5.74) is 0. The lowest BCUT2D eigenvalue weighted by Gasteiger charge is -2.20. The van der Waals surface area contributed by atoms with Crippen LogP contribution in [0.1, 0.15) is 13.8 Å². The topological polar surface area (TPSA) is 170 Å². The third-order valence-corrected chi connectivity index (χ3v) is 7.50. The van der Waals surface area contributed by atoms with Gasteiger partial charge in [-0.05, 0) is 12.1 Å². The highest BCUT2D eigenvalue weighted by atomic mass is 32.2. The Balaban J connectivity index is 2.35. The summed E-state index contributed by atoms with van der Waals surface area (Å²) in [6.07, 6.45) is 0. The summed E-state index contributed by atoms with van der Waals surface area (Å²) in [5, 5.41) is 2.11. The van der Waals surface area contributed by atoms with Crippen molar-refractivity contribution in [2.45, 2.75) is 23.6 Å². The van der Waals surface area contributed by atoms with E-state index in [2.05, 4.69) is 20.3 Å². The molecule has 0 unspecified atom stereocenters. The van der Waals surface area contributed by atoms with Gasteiger partial charge in [0.25, 0.3) is 10.0 Å². The van der Waals surface area contributed by atoms with E-state index in [1.54, 1.807) is 18.6 Å². The van der Waals surface area contributed by atoms with Crippen molar-refractivity contribution in [3.8, 4) is 12.0 Å². The van der Waals surface area contributed by atoms with E-state index in [0.717, 1.165) is 16.4 Å². The number of methoxy groups -OCH3 is 2. The Kier molecular flexibility index (Phi) is 7.70. The van der Waals surface area contributed by atoms with Crippen molar-refractivity contribution < 1.29 is 31.1 Å². The number of aromatic nitrogens is 3. The SMILES string of the molecule is CCN(CC)S(=O)(=O)c1ccccc1S(=O)(=O)NC(=O)Nc1nc(OC)nc(OC)n1. The maximum Gasteiger partial charge on any atom is 0.335 e. The fraction of sp³-hybridized carbons (Fsp3) is 0.375. The van der Waals surface area contributed by atoms with E-state index in [-0.39, 0.29) is 31.1 Å². The Labute approximate surface area is 179 Å². The Morgan fingerprint density at radius 1 is 0.935 bits per heavy atom. The first kappa shape index (κ1) is 24.2. The predicted octanol–water partition coefficient (Wildman–Crippen LogP) is 0.430. The average molecular weight is 475 g/mol. The molecule has 0 bridgehead atoms. The number of carbonyl (C=O) groups excluding carboxylic acids is 1. The summed E-state index contributed by atoms with van der Waals surface area (Å²) in [5.74, 6) is -0.347. The molecule has 0 aliphatic carbocycles. The number of carbonyl (C=O) groups is 1. The van der Waals surface area contributed by atoms with Gasteiger partial charge in [0.1, 0.15) is 9.79 Å². The van der Waals surface area contributed by atoms with Crippen molar-refractivity contribution in [1.29, 1.82) is 0 Å². The summed E-state index contributed by atoms with van der Waals surface area (Å²) in [7, 11) is -6.14. The van der Waals surface area contributed by atoms with Crippen LogP contribution >= 0.6 is 0 Å². The number of rotatable bonds is 9. The van der Waals surface area contributed by atoms with Gasteiger partial charge >= 0.3 is 18.1 Å². The van der Waals surface area contributed by atoms with E-state index in [9.17, 15) is 21.6 Å². The maximum atomic E-state index is 12.9. The molecule has 0 atom stereocenters. The normalized spacial score (nSPS) is 11.8. The molecular formula is C16H22N6O7S2. The molecule has 13 nitrogen and oxygen atoms in total. The number of urea groups is 1. The molecule has 2 N–H and O–H groups in total. The molecule has 31 heavy (non-hydrogen) atoms. The van der Waals surface area contributed by atoms with Crippen LogP contribution in [0.2, 0.25) is 0 Å². The van der Waals surface area contributed by atoms with E-state index in [1.807, 2.05) is 0 Å². The van der Waals surface area contributed by atoms with Gasteiger partial charge in [-0.15, -0.1) is 4.98 Å². The summed E-state index contributed by atoms with van der Waals surface area (Å²) in [6, 6.07) is 3.38. The van der Waals surface area contributed by atoms with Gasteiger partial charge in [-0.3, -0.25) is 5.32 Å². The molecule has 1 aromatic heterocycles. The summed E-state index contributed by atoms with van der Waals surface area (Å²) >= 11 is 0. The molecule has 0 saturated carbocycles. The number of sulfonamides is 2. The molecule has 170 valence electrons. The Morgan fingerprint density at radius 2 is 1.45 bits per heavy atom. The Hall–Kier alpha value is -3.04. The Morgan fingerprint density at radius 3 is 1.94 bits per heavy atom. The second kappa shape index (κ2) is 9.84. The lowest BCUT2D eigenvalue weighted by molar-refractivity contribution is 0.256. The van der Waals surface area contributed by atoms with Gasteiger partial charge in [0.2, 0.25) is 16.0 Å². The minimum atomic E-state index is -4.58. The third-order valence-electron chi connectivity index (χ3n) is 3.87. The van der Waals surface area contributed by atoms with Gasteiger partial charge in [0.15, 0.2) is 0 Å². The number of benzene rings is 1. The molecule has 0 fully saturated rings. The lowest BCUT2D eigenvalue weighted by Crippen LogP contribution is -2.37. The zero-order chi connectivity index (χ0) is 23.2. The summed E-state index contributed by atoms with van der Waals surface area (Å²) in [4.78, 5) is 22.5. The maximum absolute atomic E-state index is 12.9. The number of nitrogens with one attached hydrogen (secondary N) is 2. The lowest BCUT2D eigenvalue weighted by atomic mass is 10.4. The number of amides is 2. The van der Waals surface area contributed by atoms with Crippen LogP contribution in [0.5, 0.6) is 12.0 Å². The molecular weight excluding hydrogens is 452 g/mol. The zero-order valence-electron chi connectivity index (χ0n) is 17.2. The molecule has 0 saturated heterocycles. The van der Waals surface area contributed by atoms with E-state index >= 15 is 0 Å². The molecule has 2 rings (SSSR count). The van der Waals surface area contributed by atoms with Crippen molar-refractivity contribution in [3.05, 3.63) is 24.3 Å². The monoisotopic (exact) mass is 474 g/mol. The average Bonchev–Trinajstić information content (AvgIpc) is 2.73. The van der Waals surface area contributed by atoms with Gasteiger partial charge in [-0.1, -0.05) is 26.0 Å². The molecule has 1 aromatic carbocycles. The first-order chi connectivity index (χ1) is 14.6. The van der Waals surface area contributed by atoms with Crippen LogP contribution < -0.4 is 19.5 Å². The van der Waals surface area contributed by atoms with Crippen molar-refractivity contribution in [2.24, 2.45) is 0 Å². The Bertz CT molecular complexity index is 1130. The van der Waals surface area contributed by atoms with E-state index in [4.69, 9.17) is 9.47 Å². The number of anilines is 1. The second-order valence-electron chi connectivity index (χ2n) is 5.73. The molecule has 0 radical (unpaired) electrons. The molecule has 0 spiro atoms. The van der Waals surface area contributed by atoms with Crippen molar-refractivity contribution in [1.82, 2.24) is 24.0 Å². The van der Waals surface area contributed by atoms with Crippen LogP contribution in [0.25, 0.3) is 0 Å². The van der Waals surface area contributed by atoms with Crippen LogP contribution in [0.15, 0.2) is 34.1 Å². The van der Waals surface area contributed by atoms with E-state index < -0.39 is 35.9 Å². The highest BCUT2D eigenvalue weighted by Gasteiger charge is 2.31. The van der Waals surface area contributed by atoms with Crippen LogP contribution in [-0.2, 0) is 20.0 Å². The largest absolute Gasteiger partial charge is 0.467 e. The van der Waals surface area contributed by atoms with E-state index in [1.165, 1.54) is 26.4 Å². The summed E-state index contributed by atoms with van der Waals surface area (Å²) in [6.45, 7) is 3.54. The molecule has 0 aliphatic rings. The van der Waals surface area contributed by atoms with Gasteiger partial charge in [-0.2, -0.15) is 14.3 Å². The molecule has 2 aromatic rings. The highest BCUT2D eigenvalue weighted by Crippen LogP contribution is 2.24. The minimum absolute atomic E-state index is 0.143. The highest BCUT2D eigenvalue weighted by molar-refractivity contribution is 7.92.